The molecule has 3 nitrogen and oxygen atoms in total. The molecule has 0 bridgehead atoms. The Hall–Kier alpha value is -1.55. The molecule has 23 heavy (non-hydrogen) atoms. The van der Waals surface area contributed by atoms with Crippen LogP contribution < -0.4 is 9.22 Å². The first kappa shape index (κ1) is 17.8. The molecular formula is C19H25ClNO2+. The van der Waals surface area contributed by atoms with Gasteiger partial charge in [0.15, 0.2) is 0 Å². The van der Waals surface area contributed by atoms with Crippen LogP contribution in [0.3, 0.4) is 0 Å². The molecule has 1 unspecified atom stereocenters. The van der Waals surface area contributed by atoms with E-state index in [2.05, 4.69) is 26.0 Å². The zero-order chi connectivity index (χ0) is 16.7. The molecule has 0 aliphatic heterocycles. The zero-order valence-corrected chi connectivity index (χ0v) is 14.5. The van der Waals surface area contributed by atoms with E-state index in [9.17, 15) is 5.11 Å². The van der Waals surface area contributed by atoms with Crippen molar-refractivity contribution in [1.82, 2.24) is 4.48 Å². The highest BCUT2D eigenvalue weighted by Gasteiger charge is 2.29. The first-order valence-corrected chi connectivity index (χ1v) is 8.45. The molecular weight excluding hydrogens is 310 g/mol. The van der Waals surface area contributed by atoms with Crippen LogP contribution in [0.2, 0.25) is 5.02 Å². The minimum Gasteiger partial charge on any atom is -0.491 e. The lowest BCUT2D eigenvalue weighted by molar-refractivity contribution is 0.0731. The van der Waals surface area contributed by atoms with Gasteiger partial charge in [-0.2, -0.15) is 0 Å². The average molecular weight is 335 g/mol. The summed E-state index contributed by atoms with van der Waals surface area (Å²) < 4.78 is 6.42. The largest absolute Gasteiger partial charge is 0.491 e. The second-order valence-corrected chi connectivity index (χ2v) is 6.15. The molecule has 2 rings (SSSR count). The summed E-state index contributed by atoms with van der Waals surface area (Å²) in [6.45, 7) is 7.07. The van der Waals surface area contributed by atoms with Gasteiger partial charge in [0.2, 0.25) is 0 Å². The summed E-state index contributed by atoms with van der Waals surface area (Å²) >= 11 is 5.86. The maximum absolute atomic E-state index is 10.5. The normalized spacial score (nSPS) is 12.9. The third-order valence-corrected chi connectivity index (χ3v) is 4.58. The van der Waals surface area contributed by atoms with Crippen LogP contribution in [0.15, 0.2) is 54.6 Å². The quantitative estimate of drug-likeness (QED) is 0.736. The summed E-state index contributed by atoms with van der Waals surface area (Å²) in [5, 5.41) is 11.1. The summed E-state index contributed by atoms with van der Waals surface area (Å²) in [4.78, 5) is 0. The van der Waals surface area contributed by atoms with Crippen LogP contribution in [0.25, 0.3) is 0 Å². The van der Waals surface area contributed by atoms with Crippen molar-refractivity contribution >= 4 is 17.3 Å². The van der Waals surface area contributed by atoms with Gasteiger partial charge in [-0.05, 0) is 50.2 Å². The lowest BCUT2D eigenvalue weighted by Gasteiger charge is -2.37. The highest BCUT2D eigenvalue weighted by molar-refractivity contribution is 6.30. The minimum atomic E-state index is -0.536. The van der Waals surface area contributed by atoms with Crippen molar-refractivity contribution in [3.8, 4) is 5.75 Å². The maximum Gasteiger partial charge on any atom is 0.137 e. The van der Waals surface area contributed by atoms with E-state index in [1.54, 1.807) is 12.1 Å². The fourth-order valence-corrected chi connectivity index (χ4v) is 3.00. The number of benzene rings is 2. The number of para-hydroxylation sites is 1. The molecule has 0 heterocycles. The van der Waals surface area contributed by atoms with E-state index in [1.807, 2.05) is 30.3 Å². The molecule has 2 aromatic carbocycles. The SMILES string of the molecule is CC[N+](CC)(CC(O)COc1ccc(Cl)cc1)c1ccccc1. The Morgan fingerprint density at radius 2 is 1.61 bits per heavy atom. The topological polar surface area (TPSA) is 29.5 Å². The van der Waals surface area contributed by atoms with Crippen LogP contribution in [-0.4, -0.2) is 37.5 Å². The monoisotopic (exact) mass is 334 g/mol. The van der Waals surface area contributed by atoms with Crippen LogP contribution in [0.1, 0.15) is 13.8 Å². The van der Waals surface area contributed by atoms with E-state index in [4.69, 9.17) is 16.3 Å². The molecule has 124 valence electrons. The molecule has 0 amide bonds. The van der Waals surface area contributed by atoms with Gasteiger partial charge < -0.3 is 9.84 Å². The van der Waals surface area contributed by atoms with E-state index < -0.39 is 6.10 Å². The maximum atomic E-state index is 10.5. The minimum absolute atomic E-state index is 0.272. The standard InChI is InChI=1S/C19H25ClNO2/c1-3-21(4-2,17-8-6-5-7-9-17)14-18(22)15-23-19-12-10-16(20)11-13-19/h5-13,18,22H,3-4,14-15H2,1-2H3/q+1. The number of aliphatic hydroxyl groups is 1. The molecule has 0 aliphatic carbocycles. The number of nitrogens with zero attached hydrogens (tertiary/aromatic N) is 1. The first-order chi connectivity index (χ1) is 11.1. The van der Waals surface area contributed by atoms with Gasteiger partial charge in [-0.1, -0.05) is 29.8 Å². The number of quaternary nitrogens is 1. The van der Waals surface area contributed by atoms with Crippen LogP contribution >= 0.6 is 11.6 Å². The predicted octanol–water partition coefficient (Wildman–Crippen LogP) is 4.13. The van der Waals surface area contributed by atoms with E-state index in [0.29, 0.717) is 11.6 Å². The number of halogens is 1. The molecule has 0 saturated heterocycles. The fraction of sp³-hybridized carbons (Fsp3) is 0.368. The molecule has 0 radical (unpaired) electrons. The van der Waals surface area contributed by atoms with Gasteiger partial charge in [0, 0.05) is 5.02 Å². The summed E-state index contributed by atoms with van der Waals surface area (Å²) in [5.74, 6) is 0.722. The van der Waals surface area contributed by atoms with E-state index in [-0.39, 0.29) is 6.61 Å². The Morgan fingerprint density at radius 3 is 2.17 bits per heavy atom. The lowest BCUT2D eigenvalue weighted by atomic mass is 10.2. The van der Waals surface area contributed by atoms with Crippen molar-refractivity contribution < 1.29 is 9.84 Å². The Labute approximate surface area is 143 Å². The van der Waals surface area contributed by atoms with Crippen LogP contribution in [0.4, 0.5) is 5.69 Å². The van der Waals surface area contributed by atoms with Crippen molar-refractivity contribution in [1.29, 1.82) is 0 Å². The van der Waals surface area contributed by atoms with Crippen molar-refractivity contribution in [3.63, 3.8) is 0 Å². The number of aliphatic hydroxyl groups excluding tert-OH is 1. The number of ether oxygens (including phenoxy) is 1. The highest BCUT2D eigenvalue weighted by Crippen LogP contribution is 2.23. The van der Waals surface area contributed by atoms with Crippen LogP contribution in [-0.2, 0) is 0 Å². The lowest BCUT2D eigenvalue weighted by Crippen LogP contribution is -2.54. The van der Waals surface area contributed by atoms with Gasteiger partial charge in [-0.25, -0.2) is 0 Å². The van der Waals surface area contributed by atoms with Crippen LogP contribution in [0, 0.1) is 0 Å². The molecule has 1 atom stereocenters. The third-order valence-electron chi connectivity index (χ3n) is 4.33. The van der Waals surface area contributed by atoms with Crippen molar-refractivity contribution in [2.75, 3.05) is 26.2 Å². The van der Waals surface area contributed by atoms with Gasteiger partial charge in [-0.15, -0.1) is 0 Å². The molecule has 1 N–H and O–H groups in total. The summed E-state index contributed by atoms with van der Waals surface area (Å²) in [6.07, 6.45) is -0.536. The summed E-state index contributed by atoms with van der Waals surface area (Å²) in [6, 6.07) is 17.6. The number of hydrogen-bond donors (Lipinski definition) is 1. The molecule has 0 saturated carbocycles. The van der Waals surface area contributed by atoms with Crippen molar-refractivity contribution in [2.45, 2.75) is 20.0 Å². The summed E-state index contributed by atoms with van der Waals surface area (Å²) in [7, 11) is 0. The molecule has 0 spiro atoms. The third kappa shape index (κ3) is 4.71. The van der Waals surface area contributed by atoms with E-state index in [0.717, 1.165) is 23.3 Å². The summed E-state index contributed by atoms with van der Waals surface area (Å²) in [5.41, 5.74) is 1.23. The first-order valence-electron chi connectivity index (χ1n) is 8.08. The number of rotatable bonds is 8. The molecule has 0 aromatic heterocycles. The molecule has 0 aliphatic rings. The smallest absolute Gasteiger partial charge is 0.137 e. The second-order valence-electron chi connectivity index (χ2n) is 5.71. The number of likely N-dealkylation sites (N-methyl/N-ethyl adjacent to an activating group) is 1. The van der Waals surface area contributed by atoms with Gasteiger partial charge in [0.25, 0.3) is 0 Å². The Balaban J connectivity index is 2.00. The van der Waals surface area contributed by atoms with Crippen LogP contribution in [0.5, 0.6) is 5.75 Å². The average Bonchev–Trinajstić information content (AvgIpc) is 2.60. The molecule has 2 aromatic rings. The van der Waals surface area contributed by atoms with Gasteiger partial charge in [0.05, 0.1) is 13.1 Å². The molecule has 0 fully saturated rings. The fourth-order valence-electron chi connectivity index (χ4n) is 2.88. The van der Waals surface area contributed by atoms with Gasteiger partial charge in [0.1, 0.15) is 30.7 Å². The Morgan fingerprint density at radius 1 is 1.00 bits per heavy atom. The Kier molecular flexibility index (Phi) is 6.46. The number of hydrogen-bond acceptors (Lipinski definition) is 2. The van der Waals surface area contributed by atoms with Crippen molar-refractivity contribution in [3.05, 3.63) is 59.6 Å². The van der Waals surface area contributed by atoms with E-state index >= 15 is 0 Å². The molecule has 4 heteroatoms. The highest BCUT2D eigenvalue weighted by atomic mass is 35.5. The van der Waals surface area contributed by atoms with Crippen molar-refractivity contribution in [2.24, 2.45) is 0 Å². The van der Waals surface area contributed by atoms with Gasteiger partial charge >= 0.3 is 0 Å². The zero-order valence-electron chi connectivity index (χ0n) is 13.8. The van der Waals surface area contributed by atoms with Gasteiger partial charge in [-0.3, -0.25) is 4.48 Å². The van der Waals surface area contributed by atoms with E-state index in [1.165, 1.54) is 5.69 Å². The second kappa shape index (κ2) is 8.34. The Bertz CT molecular complexity index is 582. The predicted molar refractivity (Wildman–Crippen MR) is 97.1 cm³/mol.